The smallest absolute Gasteiger partial charge is 0.338 e. The second-order valence-electron chi connectivity index (χ2n) is 6.09. The number of hydrogen-bond donors (Lipinski definition) is 2. The molecule has 0 spiro atoms. The molecule has 1 unspecified atom stereocenters. The van der Waals surface area contributed by atoms with E-state index in [1.54, 1.807) is 12.1 Å². The summed E-state index contributed by atoms with van der Waals surface area (Å²) in [4.78, 5) is 34.1. The molecule has 8 heteroatoms. The molecule has 0 radical (unpaired) electrons. The number of benzene rings is 2. The Labute approximate surface area is 166 Å². The summed E-state index contributed by atoms with van der Waals surface area (Å²) in [6.45, 7) is 4.25. The molecule has 0 amide bonds. The number of rotatable bonds is 9. The summed E-state index contributed by atoms with van der Waals surface area (Å²) < 4.78 is 15.3. The number of hydrogen-bond acceptors (Lipinski definition) is 7. The van der Waals surface area contributed by atoms with Crippen LogP contribution in [0.15, 0.2) is 60.7 Å². The lowest BCUT2D eigenvalue weighted by Gasteiger charge is -2.12. The van der Waals surface area contributed by atoms with Gasteiger partial charge in [0.25, 0.3) is 0 Å². The lowest BCUT2D eigenvalue weighted by molar-refractivity contribution is -0.142. The number of carbonyl (C=O) groups is 3. The van der Waals surface area contributed by atoms with Gasteiger partial charge in [-0.2, -0.15) is 0 Å². The number of carbonyl (C=O) groups excluding carboxylic acids is 2. The van der Waals surface area contributed by atoms with Crippen LogP contribution in [0.1, 0.15) is 27.6 Å². The third-order valence-electron chi connectivity index (χ3n) is 3.59. The molecule has 0 aliphatic heterocycles. The summed E-state index contributed by atoms with van der Waals surface area (Å²) in [5.74, 6) is -1.44. The Balaban J connectivity index is 1.84. The standard InChI is InChI=1S/C21H20O8/c1-13(2)20(25)27-11-16(22)12-28-21(26)15-5-9-18(10-6-15)29-17-7-3-14(4-8-17)19(23)24/h3-10,16,22H,1,11-12H2,2H3,(H,23,24). The van der Waals surface area contributed by atoms with Gasteiger partial charge in [-0.3, -0.25) is 0 Å². The number of esters is 2. The first kappa shape index (κ1) is 21.6. The third-order valence-corrected chi connectivity index (χ3v) is 3.59. The summed E-state index contributed by atoms with van der Waals surface area (Å²) in [5, 5.41) is 18.6. The highest BCUT2D eigenvalue weighted by Gasteiger charge is 2.14. The first-order valence-corrected chi connectivity index (χ1v) is 8.55. The maximum absolute atomic E-state index is 12.0. The zero-order chi connectivity index (χ0) is 21.4. The van der Waals surface area contributed by atoms with Crippen LogP contribution in [0, 0.1) is 0 Å². The molecule has 0 saturated heterocycles. The first-order valence-electron chi connectivity index (χ1n) is 8.55. The van der Waals surface area contributed by atoms with Gasteiger partial charge in [-0.15, -0.1) is 0 Å². The molecule has 1 atom stereocenters. The number of aliphatic hydroxyl groups is 1. The molecule has 2 aromatic carbocycles. The van der Waals surface area contributed by atoms with E-state index in [1.807, 2.05) is 0 Å². The maximum Gasteiger partial charge on any atom is 0.338 e. The first-order chi connectivity index (χ1) is 13.8. The van der Waals surface area contributed by atoms with Gasteiger partial charge in [0.15, 0.2) is 0 Å². The molecular formula is C21H20O8. The van der Waals surface area contributed by atoms with Crippen molar-refractivity contribution >= 4 is 17.9 Å². The van der Waals surface area contributed by atoms with E-state index in [4.69, 9.17) is 19.3 Å². The van der Waals surface area contributed by atoms with Crippen molar-refractivity contribution < 1.29 is 38.8 Å². The van der Waals surface area contributed by atoms with Crippen LogP contribution in [0.25, 0.3) is 0 Å². The van der Waals surface area contributed by atoms with E-state index in [0.29, 0.717) is 11.5 Å². The highest BCUT2D eigenvalue weighted by atomic mass is 16.6. The van der Waals surface area contributed by atoms with Crippen molar-refractivity contribution in [1.29, 1.82) is 0 Å². The fraction of sp³-hybridized carbons (Fsp3) is 0.190. The van der Waals surface area contributed by atoms with Gasteiger partial charge in [0, 0.05) is 5.57 Å². The van der Waals surface area contributed by atoms with E-state index in [2.05, 4.69) is 6.58 Å². The van der Waals surface area contributed by atoms with Crippen LogP contribution in [0.4, 0.5) is 0 Å². The van der Waals surface area contributed by atoms with E-state index < -0.39 is 24.0 Å². The predicted molar refractivity (Wildman–Crippen MR) is 102 cm³/mol. The Bertz CT molecular complexity index is 884. The monoisotopic (exact) mass is 400 g/mol. The lowest BCUT2D eigenvalue weighted by atomic mass is 10.2. The second kappa shape index (κ2) is 10.0. The Kier molecular flexibility index (Phi) is 7.50. The van der Waals surface area contributed by atoms with Gasteiger partial charge in [0.1, 0.15) is 30.8 Å². The van der Waals surface area contributed by atoms with Crippen LogP contribution in [-0.4, -0.2) is 47.4 Å². The van der Waals surface area contributed by atoms with Gasteiger partial charge < -0.3 is 24.4 Å². The Hall–Kier alpha value is -3.65. The Morgan fingerprint density at radius 1 is 0.897 bits per heavy atom. The molecule has 2 aromatic rings. The van der Waals surface area contributed by atoms with Gasteiger partial charge in [-0.25, -0.2) is 14.4 Å². The molecule has 152 valence electrons. The minimum absolute atomic E-state index is 0.145. The molecule has 0 saturated carbocycles. The average Bonchev–Trinajstić information content (AvgIpc) is 2.71. The number of ether oxygens (including phenoxy) is 3. The van der Waals surface area contributed by atoms with Crippen LogP contribution in [0.5, 0.6) is 11.5 Å². The zero-order valence-corrected chi connectivity index (χ0v) is 15.7. The van der Waals surface area contributed by atoms with Gasteiger partial charge in [-0.1, -0.05) is 6.58 Å². The summed E-state index contributed by atoms with van der Waals surface area (Å²) in [6, 6.07) is 11.9. The van der Waals surface area contributed by atoms with E-state index in [9.17, 15) is 19.5 Å². The predicted octanol–water partition coefficient (Wildman–Crippen LogP) is 2.81. The van der Waals surface area contributed by atoms with Gasteiger partial charge in [0.05, 0.1) is 11.1 Å². The van der Waals surface area contributed by atoms with E-state index in [0.717, 1.165) is 0 Å². The molecular weight excluding hydrogens is 380 g/mol. The van der Waals surface area contributed by atoms with Crippen molar-refractivity contribution in [3.05, 3.63) is 71.8 Å². The van der Waals surface area contributed by atoms with Crippen molar-refractivity contribution in [2.24, 2.45) is 0 Å². The average molecular weight is 400 g/mol. The molecule has 2 N–H and O–H groups in total. The summed E-state index contributed by atoms with van der Waals surface area (Å²) in [5.41, 5.74) is 0.589. The normalized spacial score (nSPS) is 11.2. The Morgan fingerprint density at radius 2 is 1.38 bits per heavy atom. The number of carboxylic acids is 1. The molecule has 29 heavy (non-hydrogen) atoms. The van der Waals surface area contributed by atoms with Crippen LogP contribution in [-0.2, 0) is 14.3 Å². The molecule has 2 rings (SSSR count). The summed E-state index contributed by atoms with van der Waals surface area (Å²) in [7, 11) is 0. The number of aromatic carboxylic acids is 1. The summed E-state index contributed by atoms with van der Waals surface area (Å²) in [6.07, 6.45) is -1.15. The SMILES string of the molecule is C=C(C)C(=O)OCC(O)COC(=O)c1ccc(Oc2ccc(C(=O)O)cc2)cc1. The van der Waals surface area contributed by atoms with Gasteiger partial charge in [-0.05, 0) is 55.5 Å². The molecule has 0 heterocycles. The quantitative estimate of drug-likeness (QED) is 0.487. The fourth-order valence-electron chi connectivity index (χ4n) is 2.06. The van der Waals surface area contributed by atoms with Crippen molar-refractivity contribution in [1.82, 2.24) is 0 Å². The molecule has 8 nitrogen and oxygen atoms in total. The molecule has 0 aliphatic carbocycles. The van der Waals surface area contributed by atoms with Crippen molar-refractivity contribution in [2.45, 2.75) is 13.0 Å². The van der Waals surface area contributed by atoms with Crippen LogP contribution in [0.2, 0.25) is 0 Å². The van der Waals surface area contributed by atoms with Crippen LogP contribution >= 0.6 is 0 Å². The van der Waals surface area contributed by atoms with E-state index in [-0.39, 0.29) is 29.9 Å². The topological polar surface area (TPSA) is 119 Å². The number of carboxylic acid groups (broad SMARTS) is 1. The fourth-order valence-corrected chi connectivity index (χ4v) is 2.06. The van der Waals surface area contributed by atoms with Crippen LogP contribution < -0.4 is 4.74 Å². The highest BCUT2D eigenvalue weighted by Crippen LogP contribution is 2.22. The third kappa shape index (κ3) is 6.78. The zero-order valence-electron chi connectivity index (χ0n) is 15.7. The molecule has 0 aromatic heterocycles. The van der Waals surface area contributed by atoms with E-state index in [1.165, 1.54) is 43.3 Å². The van der Waals surface area contributed by atoms with Crippen molar-refractivity contribution in [3.63, 3.8) is 0 Å². The lowest BCUT2D eigenvalue weighted by Crippen LogP contribution is -2.25. The minimum atomic E-state index is -1.15. The second-order valence-corrected chi connectivity index (χ2v) is 6.09. The van der Waals surface area contributed by atoms with Crippen molar-refractivity contribution in [2.75, 3.05) is 13.2 Å². The van der Waals surface area contributed by atoms with Crippen molar-refractivity contribution in [3.8, 4) is 11.5 Å². The molecule has 0 bridgehead atoms. The maximum atomic E-state index is 12.0. The number of aliphatic hydroxyl groups excluding tert-OH is 1. The highest BCUT2D eigenvalue weighted by molar-refractivity contribution is 5.89. The molecule has 0 fully saturated rings. The summed E-state index contributed by atoms with van der Waals surface area (Å²) >= 11 is 0. The van der Waals surface area contributed by atoms with Gasteiger partial charge in [0.2, 0.25) is 0 Å². The largest absolute Gasteiger partial charge is 0.478 e. The van der Waals surface area contributed by atoms with Gasteiger partial charge >= 0.3 is 17.9 Å². The van der Waals surface area contributed by atoms with E-state index >= 15 is 0 Å². The van der Waals surface area contributed by atoms with Crippen LogP contribution in [0.3, 0.4) is 0 Å². The Morgan fingerprint density at radius 3 is 1.86 bits per heavy atom. The molecule has 0 aliphatic rings. The minimum Gasteiger partial charge on any atom is -0.478 e.